The first-order valence-electron chi connectivity index (χ1n) is 6.41. The molecule has 1 aliphatic carbocycles. The number of ether oxygens (including phenoxy) is 1. The van der Waals surface area contributed by atoms with Crippen molar-refractivity contribution in [1.29, 1.82) is 0 Å². The Morgan fingerprint density at radius 3 is 2.71 bits per heavy atom. The number of benzene rings is 1. The van der Waals surface area contributed by atoms with Crippen LogP contribution in [0.25, 0.3) is 0 Å². The molecule has 0 amide bonds. The zero-order valence-corrected chi connectivity index (χ0v) is 10.9. The molecule has 2 N–H and O–H groups in total. The topological polar surface area (TPSA) is 35.2 Å². The molecule has 0 saturated heterocycles. The minimum atomic E-state index is 0.473. The predicted octanol–water partition coefficient (Wildman–Crippen LogP) is 3.76. The summed E-state index contributed by atoms with van der Waals surface area (Å²) in [7, 11) is 0. The Bertz CT molecular complexity index is 361. The molecule has 1 saturated carbocycles. The average Bonchev–Trinajstić information content (AvgIpc) is 2.38. The highest BCUT2D eigenvalue weighted by atomic mass is 35.5. The van der Waals surface area contributed by atoms with E-state index < -0.39 is 0 Å². The van der Waals surface area contributed by atoms with Crippen LogP contribution < -0.4 is 10.5 Å². The van der Waals surface area contributed by atoms with Gasteiger partial charge in [-0.25, -0.2) is 0 Å². The third-order valence-corrected chi connectivity index (χ3v) is 3.68. The van der Waals surface area contributed by atoms with Gasteiger partial charge in [0.05, 0.1) is 6.61 Å². The first-order chi connectivity index (χ1) is 8.29. The Kier molecular flexibility index (Phi) is 4.69. The van der Waals surface area contributed by atoms with Crippen molar-refractivity contribution in [1.82, 2.24) is 0 Å². The second kappa shape index (κ2) is 6.27. The van der Waals surface area contributed by atoms with E-state index in [1.54, 1.807) is 0 Å². The maximum absolute atomic E-state index is 5.93. The SMILES string of the molecule is NCc1cc(Cl)ccc1OCC1CCCCC1. The van der Waals surface area contributed by atoms with E-state index in [9.17, 15) is 0 Å². The Morgan fingerprint density at radius 2 is 2.00 bits per heavy atom. The number of hydrogen-bond acceptors (Lipinski definition) is 2. The smallest absolute Gasteiger partial charge is 0.123 e. The lowest BCUT2D eigenvalue weighted by molar-refractivity contribution is 0.207. The minimum Gasteiger partial charge on any atom is -0.493 e. The molecule has 17 heavy (non-hydrogen) atoms. The Morgan fingerprint density at radius 1 is 1.24 bits per heavy atom. The number of hydrogen-bond donors (Lipinski definition) is 1. The lowest BCUT2D eigenvalue weighted by Gasteiger charge is -2.22. The van der Waals surface area contributed by atoms with Gasteiger partial charge in [0.2, 0.25) is 0 Å². The molecule has 2 rings (SSSR count). The minimum absolute atomic E-state index is 0.473. The average molecular weight is 254 g/mol. The van der Waals surface area contributed by atoms with E-state index in [2.05, 4.69) is 0 Å². The van der Waals surface area contributed by atoms with Crippen LogP contribution >= 0.6 is 11.6 Å². The van der Waals surface area contributed by atoms with Crippen molar-refractivity contribution in [3.63, 3.8) is 0 Å². The summed E-state index contributed by atoms with van der Waals surface area (Å²) in [5, 5.41) is 0.718. The number of nitrogens with two attached hydrogens (primary N) is 1. The van der Waals surface area contributed by atoms with Crippen molar-refractivity contribution in [2.24, 2.45) is 11.7 Å². The molecule has 1 aliphatic rings. The van der Waals surface area contributed by atoms with E-state index in [0.29, 0.717) is 12.5 Å². The van der Waals surface area contributed by atoms with Crippen molar-refractivity contribution < 1.29 is 4.74 Å². The second-order valence-corrected chi connectivity index (χ2v) is 5.21. The predicted molar refractivity (Wildman–Crippen MR) is 71.4 cm³/mol. The quantitative estimate of drug-likeness (QED) is 0.887. The van der Waals surface area contributed by atoms with Gasteiger partial charge in [-0.3, -0.25) is 0 Å². The van der Waals surface area contributed by atoms with Gasteiger partial charge in [-0.1, -0.05) is 30.9 Å². The van der Waals surface area contributed by atoms with Crippen molar-refractivity contribution in [2.45, 2.75) is 38.6 Å². The maximum Gasteiger partial charge on any atom is 0.123 e. The zero-order valence-electron chi connectivity index (χ0n) is 10.1. The van der Waals surface area contributed by atoms with E-state index in [4.69, 9.17) is 22.1 Å². The highest BCUT2D eigenvalue weighted by molar-refractivity contribution is 6.30. The maximum atomic E-state index is 5.93. The zero-order chi connectivity index (χ0) is 12.1. The van der Waals surface area contributed by atoms with Gasteiger partial charge in [0, 0.05) is 17.1 Å². The first-order valence-corrected chi connectivity index (χ1v) is 6.78. The summed E-state index contributed by atoms with van der Waals surface area (Å²) < 4.78 is 5.88. The van der Waals surface area contributed by atoms with Crippen LogP contribution in [0.15, 0.2) is 18.2 Å². The third-order valence-electron chi connectivity index (χ3n) is 3.44. The fourth-order valence-electron chi connectivity index (χ4n) is 2.41. The Balaban J connectivity index is 1.93. The molecule has 94 valence electrons. The third kappa shape index (κ3) is 3.62. The van der Waals surface area contributed by atoms with E-state index >= 15 is 0 Å². The molecule has 0 unspecified atom stereocenters. The lowest BCUT2D eigenvalue weighted by atomic mass is 9.90. The number of halogens is 1. The van der Waals surface area contributed by atoms with E-state index in [0.717, 1.165) is 22.9 Å². The van der Waals surface area contributed by atoms with Crippen LogP contribution in [0.2, 0.25) is 5.02 Å². The highest BCUT2D eigenvalue weighted by Gasteiger charge is 2.14. The molecule has 0 atom stereocenters. The number of rotatable bonds is 4. The van der Waals surface area contributed by atoms with E-state index in [1.165, 1.54) is 32.1 Å². The van der Waals surface area contributed by atoms with Crippen LogP contribution in [0.3, 0.4) is 0 Å². The summed E-state index contributed by atoms with van der Waals surface area (Å²) in [6, 6.07) is 5.67. The van der Waals surface area contributed by atoms with Gasteiger partial charge in [-0.15, -0.1) is 0 Å². The summed E-state index contributed by atoms with van der Waals surface area (Å²) in [5.74, 6) is 1.60. The molecule has 1 aromatic rings. The molecule has 1 fully saturated rings. The standard InChI is InChI=1S/C14H20ClNO/c15-13-6-7-14(12(8-13)9-16)17-10-11-4-2-1-3-5-11/h6-8,11H,1-5,9-10,16H2. The van der Waals surface area contributed by atoms with Gasteiger partial charge in [0.25, 0.3) is 0 Å². The molecule has 0 aliphatic heterocycles. The molecule has 0 bridgehead atoms. The van der Waals surface area contributed by atoms with Crippen LogP contribution in [-0.2, 0) is 6.54 Å². The fourth-order valence-corrected chi connectivity index (χ4v) is 2.60. The van der Waals surface area contributed by atoms with Gasteiger partial charge >= 0.3 is 0 Å². The molecule has 0 spiro atoms. The molecule has 0 heterocycles. The van der Waals surface area contributed by atoms with Gasteiger partial charge < -0.3 is 10.5 Å². The summed E-state index contributed by atoms with van der Waals surface area (Å²) in [4.78, 5) is 0. The van der Waals surface area contributed by atoms with Crippen LogP contribution in [0.1, 0.15) is 37.7 Å². The first kappa shape index (κ1) is 12.7. The Labute approximate surface area is 108 Å². The van der Waals surface area contributed by atoms with E-state index in [1.807, 2.05) is 18.2 Å². The van der Waals surface area contributed by atoms with Crippen LogP contribution in [0.5, 0.6) is 5.75 Å². The van der Waals surface area contributed by atoms with Crippen molar-refractivity contribution in [2.75, 3.05) is 6.61 Å². The molecular weight excluding hydrogens is 234 g/mol. The van der Waals surface area contributed by atoms with Crippen molar-refractivity contribution in [3.05, 3.63) is 28.8 Å². The molecule has 3 heteroatoms. The Hall–Kier alpha value is -0.730. The summed E-state index contributed by atoms with van der Waals surface area (Å²) >= 11 is 5.93. The van der Waals surface area contributed by atoms with Gasteiger partial charge in [0.15, 0.2) is 0 Å². The molecular formula is C14H20ClNO. The summed E-state index contributed by atoms with van der Waals surface area (Å²) in [6.07, 6.45) is 6.67. The molecule has 1 aromatic carbocycles. The molecule has 0 aromatic heterocycles. The van der Waals surface area contributed by atoms with Gasteiger partial charge in [-0.05, 0) is 37.0 Å². The molecule has 0 radical (unpaired) electrons. The monoisotopic (exact) mass is 253 g/mol. The fraction of sp³-hybridized carbons (Fsp3) is 0.571. The highest BCUT2D eigenvalue weighted by Crippen LogP contribution is 2.27. The molecule has 2 nitrogen and oxygen atoms in total. The van der Waals surface area contributed by atoms with Gasteiger partial charge in [-0.2, -0.15) is 0 Å². The van der Waals surface area contributed by atoms with Crippen molar-refractivity contribution in [3.8, 4) is 5.75 Å². The van der Waals surface area contributed by atoms with E-state index in [-0.39, 0.29) is 0 Å². The van der Waals surface area contributed by atoms with Crippen LogP contribution in [0, 0.1) is 5.92 Å². The second-order valence-electron chi connectivity index (χ2n) is 4.77. The van der Waals surface area contributed by atoms with Gasteiger partial charge in [0.1, 0.15) is 5.75 Å². The summed E-state index contributed by atoms with van der Waals surface area (Å²) in [6.45, 7) is 1.29. The van der Waals surface area contributed by atoms with Crippen molar-refractivity contribution >= 4 is 11.6 Å². The largest absolute Gasteiger partial charge is 0.493 e. The normalized spacial score (nSPS) is 17.1. The summed E-state index contributed by atoms with van der Waals surface area (Å²) in [5.41, 5.74) is 6.68. The van der Waals surface area contributed by atoms with Crippen LogP contribution in [-0.4, -0.2) is 6.61 Å². The lowest BCUT2D eigenvalue weighted by Crippen LogP contribution is -2.16. The van der Waals surface area contributed by atoms with Crippen LogP contribution in [0.4, 0.5) is 0 Å².